The van der Waals surface area contributed by atoms with Gasteiger partial charge in [0.25, 0.3) is 5.91 Å². The molecule has 3 N–H and O–H groups in total. The number of rotatable bonds is 10. The molecule has 0 spiro atoms. The van der Waals surface area contributed by atoms with Gasteiger partial charge in [-0.3, -0.25) is 24.3 Å². The van der Waals surface area contributed by atoms with E-state index in [0.717, 1.165) is 67.8 Å². The van der Waals surface area contributed by atoms with Crippen molar-refractivity contribution < 1.29 is 19.1 Å². The fourth-order valence-electron chi connectivity index (χ4n) is 7.73. The van der Waals surface area contributed by atoms with E-state index < -0.39 is 0 Å². The van der Waals surface area contributed by atoms with Crippen molar-refractivity contribution in [2.75, 3.05) is 38.6 Å². The highest BCUT2D eigenvalue weighted by Crippen LogP contribution is 2.41. The normalized spacial score (nSPS) is 17.8. The van der Waals surface area contributed by atoms with E-state index in [9.17, 15) is 14.4 Å². The molecular weight excluding hydrogens is 715 g/mol. The number of hydrogen-bond acceptors (Lipinski definition) is 8. The quantitative estimate of drug-likeness (QED) is 0.195. The highest BCUT2D eigenvalue weighted by molar-refractivity contribution is 6.39. The number of anilines is 1. The molecule has 53 heavy (non-hydrogen) atoms. The van der Waals surface area contributed by atoms with Crippen LogP contribution in [-0.2, 0) is 36.1 Å². The van der Waals surface area contributed by atoms with Gasteiger partial charge in [-0.15, -0.1) is 0 Å². The Morgan fingerprint density at radius 2 is 1.81 bits per heavy atom. The van der Waals surface area contributed by atoms with E-state index in [2.05, 4.69) is 25.8 Å². The summed E-state index contributed by atoms with van der Waals surface area (Å²) in [5.74, 6) is 0.893. The van der Waals surface area contributed by atoms with Gasteiger partial charge in [-0.05, 0) is 37.5 Å². The van der Waals surface area contributed by atoms with Crippen molar-refractivity contribution >= 4 is 46.6 Å². The van der Waals surface area contributed by atoms with Crippen LogP contribution >= 0.6 is 23.2 Å². The molecule has 4 aromatic rings. The number of halogens is 2. The molecule has 2 aromatic carbocycles. The number of carbonyl (C=O) groups is 3. The molecule has 0 saturated carbocycles. The van der Waals surface area contributed by atoms with Crippen LogP contribution in [-0.4, -0.2) is 87.4 Å². The van der Waals surface area contributed by atoms with Crippen LogP contribution in [0, 0.1) is 0 Å². The second-order valence-electron chi connectivity index (χ2n) is 13.9. The minimum absolute atomic E-state index is 0.0959. The van der Waals surface area contributed by atoms with Crippen molar-refractivity contribution in [1.29, 1.82) is 0 Å². The maximum atomic E-state index is 13.7. The maximum absolute atomic E-state index is 13.7. The number of imidazole rings is 1. The SMILES string of the molecule is COc1cc(-c2nccc(-c3cccc(NC(=O)c4nc5c(n4C)CCN(C4CCN(C(C)=O)CC4)C5)c3Cl)c2Cl)ccc1CNC[C@H]1CCC(=O)N1. The molecule has 0 unspecified atom stereocenters. The van der Waals surface area contributed by atoms with Gasteiger partial charge in [0.15, 0.2) is 5.82 Å². The van der Waals surface area contributed by atoms with Crippen LogP contribution in [0.1, 0.15) is 60.2 Å². The van der Waals surface area contributed by atoms with Crippen LogP contribution in [0.15, 0.2) is 48.7 Å². The minimum Gasteiger partial charge on any atom is -0.496 e. The lowest BCUT2D eigenvalue weighted by Gasteiger charge is -2.39. The molecule has 0 bridgehead atoms. The Labute approximate surface area is 319 Å². The predicted molar refractivity (Wildman–Crippen MR) is 205 cm³/mol. The van der Waals surface area contributed by atoms with Crippen LogP contribution in [0.5, 0.6) is 5.75 Å². The number of piperidine rings is 1. The lowest BCUT2D eigenvalue weighted by Crippen LogP contribution is -2.47. The molecule has 7 rings (SSSR count). The first-order chi connectivity index (χ1) is 25.6. The summed E-state index contributed by atoms with van der Waals surface area (Å²) in [6.45, 7) is 5.99. The van der Waals surface area contributed by atoms with Crippen LogP contribution in [0.3, 0.4) is 0 Å². The van der Waals surface area contributed by atoms with Crippen LogP contribution in [0.2, 0.25) is 10.0 Å². The second-order valence-corrected chi connectivity index (χ2v) is 14.7. The molecule has 3 aliphatic heterocycles. The van der Waals surface area contributed by atoms with Gasteiger partial charge in [-0.1, -0.05) is 47.5 Å². The number of pyridine rings is 1. The molecule has 5 heterocycles. The Morgan fingerprint density at radius 3 is 2.55 bits per heavy atom. The van der Waals surface area contributed by atoms with Crippen LogP contribution in [0.25, 0.3) is 22.4 Å². The smallest absolute Gasteiger partial charge is 0.291 e. The number of aromatic nitrogens is 3. The van der Waals surface area contributed by atoms with E-state index in [4.69, 9.17) is 32.9 Å². The summed E-state index contributed by atoms with van der Waals surface area (Å²) in [5, 5.41) is 10.1. The van der Waals surface area contributed by atoms with E-state index in [-0.39, 0.29) is 23.8 Å². The first kappa shape index (κ1) is 36.9. The molecule has 12 nitrogen and oxygen atoms in total. The first-order valence-corrected chi connectivity index (χ1v) is 18.8. The van der Waals surface area contributed by atoms with Crippen molar-refractivity contribution in [3.8, 4) is 28.1 Å². The standard InChI is InChI=1S/C39H44Cl2N8O4/c1-23(50)48-16-12-27(13-17-48)49-18-14-32-31(22-49)45-38(47(32)2)39(52)46-30-6-4-5-28(35(30)40)29-11-15-43-37(36(29)41)24-7-8-25(33(19-24)53-3)20-42-21-26-9-10-34(51)44-26/h4-8,11,15,19,26-27,42H,9-10,12-14,16-18,20-22H2,1-3H3,(H,44,51)(H,46,52)/t26-/m1/s1. The van der Waals surface area contributed by atoms with Gasteiger partial charge in [-0.2, -0.15) is 0 Å². The predicted octanol–water partition coefficient (Wildman–Crippen LogP) is 5.45. The van der Waals surface area contributed by atoms with Gasteiger partial charge < -0.3 is 30.2 Å². The van der Waals surface area contributed by atoms with Gasteiger partial charge in [0.05, 0.1) is 34.2 Å². The Morgan fingerprint density at radius 1 is 1.02 bits per heavy atom. The molecule has 2 aromatic heterocycles. The summed E-state index contributed by atoms with van der Waals surface area (Å²) in [6.07, 6.45) is 5.76. The monoisotopic (exact) mass is 758 g/mol. The summed E-state index contributed by atoms with van der Waals surface area (Å²) in [5.41, 5.74) is 6.05. The van der Waals surface area contributed by atoms with Crippen molar-refractivity contribution in [1.82, 2.24) is 35.0 Å². The van der Waals surface area contributed by atoms with Gasteiger partial charge >= 0.3 is 0 Å². The molecule has 1 atom stereocenters. The molecule has 3 amide bonds. The third kappa shape index (κ3) is 7.77. The lowest BCUT2D eigenvalue weighted by molar-refractivity contribution is -0.130. The number of likely N-dealkylation sites (tertiary alicyclic amines) is 1. The molecule has 2 fully saturated rings. The molecular formula is C39H44Cl2N8O4. The first-order valence-electron chi connectivity index (χ1n) is 18.1. The van der Waals surface area contributed by atoms with E-state index >= 15 is 0 Å². The van der Waals surface area contributed by atoms with Crippen molar-refractivity contribution in [2.45, 2.75) is 64.2 Å². The highest BCUT2D eigenvalue weighted by Gasteiger charge is 2.32. The van der Waals surface area contributed by atoms with Crippen LogP contribution in [0.4, 0.5) is 5.69 Å². The number of benzene rings is 2. The van der Waals surface area contributed by atoms with Gasteiger partial charge in [-0.25, -0.2) is 4.98 Å². The molecule has 3 aliphatic rings. The second kappa shape index (κ2) is 15.9. The summed E-state index contributed by atoms with van der Waals surface area (Å²) in [6, 6.07) is 13.6. The zero-order valence-electron chi connectivity index (χ0n) is 30.2. The number of hydrogen-bond donors (Lipinski definition) is 3. The average molecular weight is 760 g/mol. The van der Waals surface area contributed by atoms with Gasteiger partial charge in [0.2, 0.25) is 11.8 Å². The molecule has 278 valence electrons. The number of ether oxygens (including phenoxy) is 1. The summed E-state index contributed by atoms with van der Waals surface area (Å²) in [4.78, 5) is 50.8. The molecule has 0 aliphatic carbocycles. The summed E-state index contributed by atoms with van der Waals surface area (Å²) in [7, 11) is 3.51. The van der Waals surface area contributed by atoms with Crippen molar-refractivity contribution in [3.63, 3.8) is 0 Å². The molecule has 0 radical (unpaired) electrons. The topological polar surface area (TPSA) is 134 Å². The van der Waals surface area contributed by atoms with E-state index in [1.807, 2.05) is 46.8 Å². The zero-order valence-corrected chi connectivity index (χ0v) is 31.7. The fourth-order valence-corrected chi connectivity index (χ4v) is 8.32. The Balaban J connectivity index is 1.05. The summed E-state index contributed by atoms with van der Waals surface area (Å²) < 4.78 is 7.61. The van der Waals surface area contributed by atoms with Crippen LogP contribution < -0.4 is 20.7 Å². The molecule has 2 saturated heterocycles. The Bertz CT molecular complexity index is 2040. The van der Waals surface area contributed by atoms with Gasteiger partial charge in [0, 0.05) is 112 Å². The third-order valence-electron chi connectivity index (χ3n) is 10.7. The number of carbonyl (C=O) groups excluding carboxylic acids is 3. The Hall–Kier alpha value is -4.49. The average Bonchev–Trinajstić information content (AvgIpc) is 3.74. The fraction of sp³-hybridized carbons (Fsp3) is 0.410. The lowest BCUT2D eigenvalue weighted by atomic mass is 10.00. The third-order valence-corrected chi connectivity index (χ3v) is 11.5. The van der Waals surface area contributed by atoms with Gasteiger partial charge in [0.1, 0.15) is 5.75 Å². The summed E-state index contributed by atoms with van der Waals surface area (Å²) >= 11 is 14.0. The molecule has 14 heteroatoms. The van der Waals surface area contributed by atoms with Crippen molar-refractivity contribution in [3.05, 3.63) is 81.5 Å². The number of fused-ring (bicyclic) bond motifs is 1. The van der Waals surface area contributed by atoms with E-state index in [1.54, 1.807) is 32.4 Å². The van der Waals surface area contributed by atoms with Crippen molar-refractivity contribution in [2.24, 2.45) is 7.05 Å². The van der Waals surface area contributed by atoms with E-state index in [0.29, 0.717) is 76.2 Å². The minimum atomic E-state index is -0.349. The van der Waals surface area contributed by atoms with E-state index in [1.165, 1.54) is 0 Å². The highest BCUT2D eigenvalue weighted by atomic mass is 35.5. The Kier molecular flexibility index (Phi) is 11.0. The number of nitrogens with one attached hydrogen (secondary N) is 3. The number of amides is 3. The maximum Gasteiger partial charge on any atom is 0.291 e. The number of methoxy groups -OCH3 is 1. The zero-order chi connectivity index (χ0) is 37.2. The largest absolute Gasteiger partial charge is 0.496 e. The number of nitrogens with zero attached hydrogens (tertiary/aromatic N) is 5.